The van der Waals surface area contributed by atoms with Crippen molar-refractivity contribution in [1.82, 2.24) is 29.8 Å². The number of hydrogen-bond acceptors (Lipinski definition) is 4. The van der Waals surface area contributed by atoms with E-state index in [1.54, 1.807) is 0 Å². The molecule has 1 N–H and O–H groups in total. The quantitative estimate of drug-likeness (QED) is 0.771. The zero-order valence-electron chi connectivity index (χ0n) is 17.9. The highest BCUT2D eigenvalue weighted by Gasteiger charge is 2.28. The van der Waals surface area contributed by atoms with Crippen molar-refractivity contribution in [2.75, 3.05) is 19.6 Å². The number of nitrogens with one attached hydrogen (secondary N) is 1. The summed E-state index contributed by atoms with van der Waals surface area (Å²) >= 11 is 0. The average molecular weight is 401 g/mol. The molecule has 0 spiro atoms. The van der Waals surface area contributed by atoms with Gasteiger partial charge < -0.3 is 10.2 Å². The maximum Gasteiger partial charge on any atom is 0.257 e. The Balaban J connectivity index is 1.43. The number of nitrogens with zero attached hydrogens (tertiary/aromatic N) is 5. The van der Waals surface area contributed by atoms with E-state index < -0.39 is 0 Å². The lowest BCUT2D eigenvalue weighted by Gasteiger charge is -2.32. The van der Waals surface area contributed by atoms with E-state index in [0.717, 1.165) is 42.0 Å². The van der Waals surface area contributed by atoms with Gasteiger partial charge in [0.15, 0.2) is 0 Å². The minimum Gasteiger partial charge on any atom is -0.354 e. The molecular weight excluding hydrogens is 368 g/mol. The van der Waals surface area contributed by atoms with Gasteiger partial charge in [-0.25, -0.2) is 0 Å². The molecule has 2 aromatic rings. The minimum absolute atomic E-state index is 0.0668. The Morgan fingerprint density at radius 2 is 1.90 bits per heavy atom. The normalized spacial score (nSPS) is 15.0. The van der Waals surface area contributed by atoms with Crippen LogP contribution in [0.3, 0.4) is 0 Å². The molecule has 1 aliphatic heterocycles. The molecule has 0 aromatic carbocycles. The number of hydrogen-bond donors (Lipinski definition) is 1. The minimum atomic E-state index is 0.0668. The van der Waals surface area contributed by atoms with Crippen molar-refractivity contribution >= 4 is 11.8 Å². The first-order valence-corrected chi connectivity index (χ1v) is 10.5. The first-order chi connectivity index (χ1) is 13.9. The molecular formula is C21H32N6O2. The number of rotatable bonds is 7. The van der Waals surface area contributed by atoms with Crippen LogP contribution in [0.2, 0.25) is 0 Å². The predicted molar refractivity (Wildman–Crippen MR) is 111 cm³/mol. The summed E-state index contributed by atoms with van der Waals surface area (Å²) < 4.78 is 3.72. The maximum atomic E-state index is 13.0. The number of amides is 2. The fourth-order valence-corrected chi connectivity index (χ4v) is 4.04. The molecule has 0 unspecified atom stereocenters. The summed E-state index contributed by atoms with van der Waals surface area (Å²) in [6, 6.07) is 1.95. The third-order valence-corrected chi connectivity index (χ3v) is 5.71. The molecule has 0 aliphatic carbocycles. The number of carbonyl (C=O) groups excluding carboxylic acids is 2. The van der Waals surface area contributed by atoms with Crippen molar-refractivity contribution in [2.24, 2.45) is 5.92 Å². The third-order valence-electron chi connectivity index (χ3n) is 5.71. The second-order valence-corrected chi connectivity index (χ2v) is 7.87. The standard InChI is InChI=1S/C21H32N6O2/c1-5-27-17(4)20(16(3)24-27)21(29)25-10-7-18(8-11-25)14-19(28)22-9-13-26-12-6-15(2)23-26/h6,12,18H,5,7-11,13-14H2,1-4H3,(H,22,28). The number of piperidine rings is 1. The van der Waals surface area contributed by atoms with E-state index >= 15 is 0 Å². The van der Waals surface area contributed by atoms with Gasteiger partial charge in [-0.3, -0.25) is 19.0 Å². The van der Waals surface area contributed by atoms with Gasteiger partial charge in [0.25, 0.3) is 5.91 Å². The molecule has 8 heteroatoms. The Labute approximate surface area is 172 Å². The van der Waals surface area contributed by atoms with E-state index in [1.807, 2.05) is 54.2 Å². The summed E-state index contributed by atoms with van der Waals surface area (Å²) in [6.45, 7) is 11.2. The topological polar surface area (TPSA) is 85.0 Å². The largest absolute Gasteiger partial charge is 0.354 e. The molecule has 0 bridgehead atoms. The molecule has 2 aromatic heterocycles. The number of aromatic nitrogens is 4. The van der Waals surface area contributed by atoms with Crippen molar-refractivity contribution in [3.63, 3.8) is 0 Å². The van der Waals surface area contributed by atoms with Gasteiger partial charge in [-0.05, 0) is 52.5 Å². The number of likely N-dealkylation sites (tertiary alicyclic amines) is 1. The molecule has 29 heavy (non-hydrogen) atoms. The zero-order valence-corrected chi connectivity index (χ0v) is 17.9. The van der Waals surface area contributed by atoms with E-state index in [0.29, 0.717) is 38.5 Å². The van der Waals surface area contributed by atoms with Gasteiger partial charge in [0.05, 0.1) is 23.5 Å². The average Bonchev–Trinajstić information content (AvgIpc) is 3.23. The highest BCUT2D eigenvalue weighted by molar-refractivity contribution is 5.96. The van der Waals surface area contributed by atoms with Crippen molar-refractivity contribution < 1.29 is 9.59 Å². The monoisotopic (exact) mass is 400 g/mol. The van der Waals surface area contributed by atoms with Crippen LogP contribution in [0.15, 0.2) is 12.3 Å². The Hall–Kier alpha value is -2.64. The van der Waals surface area contributed by atoms with E-state index in [9.17, 15) is 9.59 Å². The maximum absolute atomic E-state index is 13.0. The molecule has 1 fully saturated rings. The highest BCUT2D eigenvalue weighted by Crippen LogP contribution is 2.23. The SMILES string of the molecule is CCn1nc(C)c(C(=O)N2CCC(CC(=O)NCCn3ccc(C)n3)CC2)c1C. The predicted octanol–water partition coefficient (Wildman–Crippen LogP) is 2.08. The van der Waals surface area contributed by atoms with Crippen LogP contribution in [0.4, 0.5) is 0 Å². The molecule has 0 saturated carbocycles. The van der Waals surface area contributed by atoms with E-state index in [2.05, 4.69) is 15.5 Å². The van der Waals surface area contributed by atoms with Gasteiger partial charge in [-0.2, -0.15) is 10.2 Å². The van der Waals surface area contributed by atoms with Gasteiger partial charge in [0, 0.05) is 44.5 Å². The van der Waals surface area contributed by atoms with Crippen molar-refractivity contribution in [2.45, 2.75) is 60.0 Å². The summed E-state index contributed by atoms with van der Waals surface area (Å²) in [6.07, 6.45) is 4.16. The number of carbonyl (C=O) groups is 2. The third kappa shape index (κ3) is 5.05. The lowest BCUT2D eigenvalue weighted by Crippen LogP contribution is -2.40. The molecule has 158 valence electrons. The van der Waals surface area contributed by atoms with Crippen LogP contribution in [0.5, 0.6) is 0 Å². The summed E-state index contributed by atoms with van der Waals surface area (Å²) in [7, 11) is 0. The number of aryl methyl sites for hydroxylation is 3. The van der Waals surface area contributed by atoms with Crippen LogP contribution in [0.1, 0.15) is 53.6 Å². The Bertz CT molecular complexity index is 861. The van der Waals surface area contributed by atoms with Crippen LogP contribution in [0.25, 0.3) is 0 Å². The molecule has 0 radical (unpaired) electrons. The Morgan fingerprint density at radius 1 is 1.17 bits per heavy atom. The van der Waals surface area contributed by atoms with Gasteiger partial charge in [0.1, 0.15) is 0 Å². The lowest BCUT2D eigenvalue weighted by molar-refractivity contribution is -0.122. The molecule has 1 aliphatic rings. The van der Waals surface area contributed by atoms with Gasteiger partial charge in [-0.15, -0.1) is 0 Å². The highest BCUT2D eigenvalue weighted by atomic mass is 16.2. The summed E-state index contributed by atoms with van der Waals surface area (Å²) in [5.41, 5.74) is 3.44. The van der Waals surface area contributed by atoms with Crippen molar-refractivity contribution in [3.8, 4) is 0 Å². The molecule has 0 atom stereocenters. The second-order valence-electron chi connectivity index (χ2n) is 7.87. The van der Waals surface area contributed by atoms with Crippen LogP contribution in [-0.2, 0) is 17.9 Å². The lowest BCUT2D eigenvalue weighted by atomic mass is 9.92. The smallest absolute Gasteiger partial charge is 0.257 e. The van der Waals surface area contributed by atoms with E-state index in [-0.39, 0.29) is 11.8 Å². The Morgan fingerprint density at radius 3 is 2.48 bits per heavy atom. The van der Waals surface area contributed by atoms with Gasteiger partial charge in [0.2, 0.25) is 5.91 Å². The fourth-order valence-electron chi connectivity index (χ4n) is 4.04. The van der Waals surface area contributed by atoms with E-state index in [1.165, 1.54) is 0 Å². The van der Waals surface area contributed by atoms with Crippen LogP contribution in [-0.4, -0.2) is 55.9 Å². The molecule has 1 saturated heterocycles. The summed E-state index contributed by atoms with van der Waals surface area (Å²) in [5, 5.41) is 11.8. The van der Waals surface area contributed by atoms with E-state index in [4.69, 9.17) is 0 Å². The van der Waals surface area contributed by atoms with Gasteiger partial charge >= 0.3 is 0 Å². The Kier molecular flexibility index (Phi) is 6.71. The van der Waals surface area contributed by atoms with Crippen molar-refractivity contribution in [1.29, 1.82) is 0 Å². The van der Waals surface area contributed by atoms with Gasteiger partial charge in [-0.1, -0.05) is 0 Å². The summed E-state index contributed by atoms with van der Waals surface area (Å²) in [5.74, 6) is 0.471. The summed E-state index contributed by atoms with van der Waals surface area (Å²) in [4.78, 5) is 27.1. The zero-order chi connectivity index (χ0) is 21.0. The van der Waals surface area contributed by atoms with Crippen LogP contribution < -0.4 is 5.32 Å². The second kappa shape index (κ2) is 9.24. The van der Waals surface area contributed by atoms with Crippen LogP contribution in [0, 0.1) is 26.7 Å². The van der Waals surface area contributed by atoms with Crippen molar-refractivity contribution in [3.05, 3.63) is 34.9 Å². The first-order valence-electron chi connectivity index (χ1n) is 10.5. The molecule has 2 amide bonds. The molecule has 3 heterocycles. The molecule has 8 nitrogen and oxygen atoms in total. The van der Waals surface area contributed by atoms with Crippen LogP contribution >= 0.6 is 0 Å². The molecule has 3 rings (SSSR count). The first kappa shape index (κ1) is 21.1. The fraction of sp³-hybridized carbons (Fsp3) is 0.619.